The number of nitrogens with zero attached hydrogens (tertiary/aromatic N) is 1. The molecule has 1 aromatic rings. The van der Waals surface area contributed by atoms with Crippen molar-refractivity contribution in [1.29, 1.82) is 0 Å². The van der Waals surface area contributed by atoms with Crippen molar-refractivity contribution in [3.8, 4) is 0 Å². The summed E-state index contributed by atoms with van der Waals surface area (Å²) >= 11 is 0. The van der Waals surface area contributed by atoms with Gasteiger partial charge in [-0.25, -0.2) is 8.42 Å². The molecule has 0 fully saturated rings. The van der Waals surface area contributed by atoms with Crippen LogP contribution in [0.3, 0.4) is 0 Å². The summed E-state index contributed by atoms with van der Waals surface area (Å²) in [6, 6.07) is 5.38. The largest absolute Gasteiger partial charge is 0.466 e. The highest BCUT2D eigenvalue weighted by molar-refractivity contribution is 7.89. The molecule has 0 bridgehead atoms. The molecule has 1 aliphatic rings. The Labute approximate surface area is 118 Å². The number of carbonyl (C=O) groups is 1. The number of nitrogen functional groups attached to an aromatic ring is 1. The second-order valence-corrected chi connectivity index (χ2v) is 6.76. The van der Waals surface area contributed by atoms with Crippen molar-refractivity contribution in [2.45, 2.75) is 26.4 Å². The minimum Gasteiger partial charge on any atom is -0.466 e. The van der Waals surface area contributed by atoms with E-state index in [1.54, 1.807) is 19.1 Å². The number of sulfonamides is 1. The Balaban J connectivity index is 2.01. The summed E-state index contributed by atoms with van der Waals surface area (Å²) in [5, 5.41) is 0. The van der Waals surface area contributed by atoms with Crippen LogP contribution in [-0.2, 0) is 32.6 Å². The molecule has 0 saturated heterocycles. The zero-order valence-electron chi connectivity index (χ0n) is 11.3. The minimum absolute atomic E-state index is 0.120. The fraction of sp³-hybridized carbons (Fsp3) is 0.462. The van der Waals surface area contributed by atoms with Crippen LogP contribution in [0.15, 0.2) is 18.2 Å². The fourth-order valence-corrected chi connectivity index (χ4v) is 3.51. The van der Waals surface area contributed by atoms with Crippen LogP contribution in [0, 0.1) is 0 Å². The summed E-state index contributed by atoms with van der Waals surface area (Å²) in [4.78, 5) is 11.2. The monoisotopic (exact) mass is 298 g/mol. The number of rotatable bonds is 5. The Hall–Kier alpha value is -1.60. The molecule has 0 aliphatic carbocycles. The van der Waals surface area contributed by atoms with Crippen LogP contribution in [0.1, 0.15) is 24.5 Å². The molecule has 0 aromatic heterocycles. The number of anilines is 1. The van der Waals surface area contributed by atoms with Crippen LogP contribution < -0.4 is 5.73 Å². The second kappa shape index (κ2) is 5.80. The summed E-state index contributed by atoms with van der Waals surface area (Å²) in [7, 11) is -3.46. The summed E-state index contributed by atoms with van der Waals surface area (Å²) in [5.74, 6) is -0.716. The number of carbonyl (C=O) groups excluding carboxylic acids is 1. The maximum atomic E-state index is 12.2. The quantitative estimate of drug-likeness (QED) is 0.643. The van der Waals surface area contributed by atoms with Crippen molar-refractivity contribution in [2.24, 2.45) is 0 Å². The van der Waals surface area contributed by atoms with Gasteiger partial charge in [-0.3, -0.25) is 4.79 Å². The molecule has 0 amide bonds. The maximum absolute atomic E-state index is 12.2. The van der Waals surface area contributed by atoms with Crippen molar-refractivity contribution in [1.82, 2.24) is 4.31 Å². The zero-order chi connectivity index (χ0) is 14.8. The van der Waals surface area contributed by atoms with E-state index < -0.39 is 16.0 Å². The number of esters is 1. The highest BCUT2D eigenvalue weighted by atomic mass is 32.2. The normalized spacial score (nSPS) is 15.1. The summed E-state index contributed by atoms with van der Waals surface area (Å²) in [6.45, 7) is 2.59. The van der Waals surface area contributed by atoms with Crippen molar-refractivity contribution in [2.75, 3.05) is 18.1 Å². The molecule has 0 saturated carbocycles. The molecule has 20 heavy (non-hydrogen) atoms. The van der Waals surface area contributed by atoms with E-state index in [9.17, 15) is 13.2 Å². The Morgan fingerprint density at radius 2 is 2.05 bits per heavy atom. The number of fused-ring (bicyclic) bond motifs is 1. The summed E-state index contributed by atoms with van der Waals surface area (Å²) in [5.41, 5.74) is 8.19. The van der Waals surface area contributed by atoms with E-state index in [-0.39, 0.29) is 18.8 Å². The molecule has 0 spiro atoms. The van der Waals surface area contributed by atoms with Gasteiger partial charge in [0.25, 0.3) is 0 Å². The van der Waals surface area contributed by atoms with Crippen LogP contribution in [0.5, 0.6) is 0 Å². The zero-order valence-corrected chi connectivity index (χ0v) is 12.1. The number of hydrogen-bond donors (Lipinski definition) is 1. The van der Waals surface area contributed by atoms with Crippen LogP contribution in [0.4, 0.5) is 5.69 Å². The molecular formula is C13H18N2O4S. The van der Waals surface area contributed by atoms with Gasteiger partial charge in [0.05, 0.1) is 18.8 Å². The van der Waals surface area contributed by atoms with Gasteiger partial charge in [0.2, 0.25) is 10.0 Å². The number of nitrogens with two attached hydrogens (primary N) is 1. The molecule has 7 heteroatoms. The minimum atomic E-state index is -3.46. The maximum Gasteiger partial charge on any atom is 0.306 e. The van der Waals surface area contributed by atoms with Crippen LogP contribution >= 0.6 is 0 Å². The standard InChI is InChI=1S/C13H18N2O4S/c1-2-19-13(16)5-6-20(17,18)15-8-10-3-4-12(14)7-11(10)9-15/h3-4,7H,2,5-6,8-9,14H2,1H3. The first-order valence-electron chi connectivity index (χ1n) is 6.43. The molecule has 1 aliphatic heterocycles. The SMILES string of the molecule is CCOC(=O)CCS(=O)(=O)N1Cc2ccc(N)cc2C1. The van der Waals surface area contributed by atoms with E-state index in [1.165, 1.54) is 4.31 Å². The molecule has 6 nitrogen and oxygen atoms in total. The van der Waals surface area contributed by atoms with Gasteiger partial charge in [0.15, 0.2) is 0 Å². The highest BCUT2D eigenvalue weighted by Gasteiger charge is 2.29. The van der Waals surface area contributed by atoms with E-state index >= 15 is 0 Å². The molecule has 1 heterocycles. The molecule has 110 valence electrons. The number of benzene rings is 1. The van der Waals surface area contributed by atoms with E-state index in [1.807, 2.05) is 6.07 Å². The van der Waals surface area contributed by atoms with Gasteiger partial charge < -0.3 is 10.5 Å². The Kier molecular flexibility index (Phi) is 4.29. The topological polar surface area (TPSA) is 89.7 Å². The van der Waals surface area contributed by atoms with E-state index in [0.29, 0.717) is 18.8 Å². The Morgan fingerprint density at radius 1 is 1.35 bits per heavy atom. The van der Waals surface area contributed by atoms with Crippen LogP contribution in [0.2, 0.25) is 0 Å². The van der Waals surface area contributed by atoms with Gasteiger partial charge in [-0.2, -0.15) is 4.31 Å². The van der Waals surface area contributed by atoms with Gasteiger partial charge in [-0.05, 0) is 30.2 Å². The van der Waals surface area contributed by atoms with Crippen molar-refractivity contribution in [3.05, 3.63) is 29.3 Å². The summed E-state index contributed by atoms with van der Waals surface area (Å²) in [6.07, 6.45) is -0.120. The predicted octanol–water partition coefficient (Wildman–Crippen LogP) is 0.867. The van der Waals surface area contributed by atoms with Crippen molar-refractivity contribution < 1.29 is 17.9 Å². The molecule has 2 N–H and O–H groups in total. The lowest BCUT2D eigenvalue weighted by molar-refractivity contribution is -0.142. The Bertz CT molecular complexity index is 613. The first-order valence-corrected chi connectivity index (χ1v) is 8.04. The van der Waals surface area contributed by atoms with Gasteiger partial charge in [-0.15, -0.1) is 0 Å². The third kappa shape index (κ3) is 3.29. The highest BCUT2D eigenvalue weighted by Crippen LogP contribution is 2.27. The molecular weight excluding hydrogens is 280 g/mol. The van der Waals surface area contributed by atoms with E-state index in [4.69, 9.17) is 10.5 Å². The third-order valence-corrected chi connectivity index (χ3v) is 4.95. The van der Waals surface area contributed by atoms with Crippen molar-refractivity contribution in [3.63, 3.8) is 0 Å². The van der Waals surface area contributed by atoms with Crippen molar-refractivity contribution >= 4 is 21.7 Å². The predicted molar refractivity (Wildman–Crippen MR) is 75.1 cm³/mol. The van der Waals surface area contributed by atoms with Gasteiger partial charge in [-0.1, -0.05) is 6.07 Å². The van der Waals surface area contributed by atoms with Gasteiger partial charge in [0.1, 0.15) is 0 Å². The first-order chi connectivity index (χ1) is 9.42. The molecule has 1 aromatic carbocycles. The molecule has 0 atom stereocenters. The first kappa shape index (κ1) is 14.8. The summed E-state index contributed by atoms with van der Waals surface area (Å²) < 4.78 is 30.5. The Morgan fingerprint density at radius 3 is 2.75 bits per heavy atom. The second-order valence-electron chi connectivity index (χ2n) is 4.67. The smallest absolute Gasteiger partial charge is 0.306 e. The van der Waals surface area contributed by atoms with Gasteiger partial charge >= 0.3 is 5.97 Å². The average molecular weight is 298 g/mol. The lowest BCUT2D eigenvalue weighted by atomic mass is 10.1. The number of ether oxygens (including phenoxy) is 1. The average Bonchev–Trinajstić information content (AvgIpc) is 2.80. The van der Waals surface area contributed by atoms with Gasteiger partial charge in [0, 0.05) is 18.8 Å². The lowest BCUT2D eigenvalue weighted by Crippen LogP contribution is -2.29. The van der Waals surface area contributed by atoms with E-state index in [2.05, 4.69) is 0 Å². The molecule has 0 unspecified atom stereocenters. The molecule has 0 radical (unpaired) electrons. The fourth-order valence-electron chi connectivity index (χ4n) is 2.15. The number of hydrogen-bond acceptors (Lipinski definition) is 5. The van der Waals surface area contributed by atoms with Crippen LogP contribution in [0.25, 0.3) is 0 Å². The van der Waals surface area contributed by atoms with Crippen LogP contribution in [-0.4, -0.2) is 31.1 Å². The van der Waals surface area contributed by atoms with E-state index in [0.717, 1.165) is 11.1 Å². The third-order valence-electron chi connectivity index (χ3n) is 3.19. The lowest BCUT2D eigenvalue weighted by Gasteiger charge is -2.15. The molecule has 2 rings (SSSR count).